The summed E-state index contributed by atoms with van der Waals surface area (Å²) in [5, 5.41) is 15.4. The van der Waals surface area contributed by atoms with Gasteiger partial charge in [0.1, 0.15) is 0 Å². The van der Waals surface area contributed by atoms with Gasteiger partial charge in [-0.15, -0.1) is 11.3 Å². The lowest BCUT2D eigenvalue weighted by Gasteiger charge is -2.19. The summed E-state index contributed by atoms with van der Waals surface area (Å²) in [4.78, 5) is 0. The molecule has 0 nitrogen and oxygen atoms in total. The number of fused-ring (bicyclic) bond motifs is 9. The molecule has 11 rings (SSSR count). The molecule has 0 spiro atoms. The van der Waals surface area contributed by atoms with Crippen LogP contribution in [0.3, 0.4) is 0 Å². The molecular formula is C50H30S. The van der Waals surface area contributed by atoms with Crippen LogP contribution in [0.15, 0.2) is 182 Å². The first-order chi connectivity index (χ1) is 25.3. The third-order valence-electron chi connectivity index (χ3n) is 10.8. The monoisotopic (exact) mass is 662 g/mol. The van der Waals surface area contributed by atoms with Crippen LogP contribution in [-0.2, 0) is 0 Å². The van der Waals surface area contributed by atoms with E-state index in [1.165, 1.54) is 107 Å². The lowest BCUT2D eigenvalue weighted by Crippen LogP contribution is -1.92. The van der Waals surface area contributed by atoms with Gasteiger partial charge >= 0.3 is 0 Å². The van der Waals surface area contributed by atoms with Gasteiger partial charge in [0, 0.05) is 20.2 Å². The topological polar surface area (TPSA) is 0 Å². The Hall–Kier alpha value is -6.28. The van der Waals surface area contributed by atoms with E-state index in [1.807, 2.05) is 11.3 Å². The van der Waals surface area contributed by atoms with Gasteiger partial charge in [-0.3, -0.25) is 0 Å². The molecule has 51 heavy (non-hydrogen) atoms. The van der Waals surface area contributed by atoms with Crippen LogP contribution in [0.4, 0.5) is 0 Å². The van der Waals surface area contributed by atoms with Gasteiger partial charge in [-0.25, -0.2) is 0 Å². The molecule has 0 N–H and O–H groups in total. The average Bonchev–Trinajstić information content (AvgIpc) is 3.57. The van der Waals surface area contributed by atoms with Gasteiger partial charge in [0.25, 0.3) is 0 Å². The predicted octanol–water partition coefficient (Wildman–Crippen LogP) is 14.8. The van der Waals surface area contributed by atoms with E-state index in [1.54, 1.807) is 0 Å². The molecule has 10 aromatic carbocycles. The normalized spacial score (nSPS) is 11.9. The van der Waals surface area contributed by atoms with Crippen LogP contribution in [0, 0.1) is 0 Å². The van der Waals surface area contributed by atoms with Gasteiger partial charge in [-0.05, 0) is 124 Å². The highest BCUT2D eigenvalue weighted by molar-refractivity contribution is 7.25. The van der Waals surface area contributed by atoms with E-state index in [4.69, 9.17) is 0 Å². The van der Waals surface area contributed by atoms with Crippen molar-refractivity contribution >= 4 is 85.4 Å². The maximum atomic E-state index is 2.44. The molecule has 1 heterocycles. The van der Waals surface area contributed by atoms with E-state index >= 15 is 0 Å². The number of hydrogen-bond donors (Lipinski definition) is 0. The fraction of sp³-hybridized carbons (Fsp3) is 0. The Balaban J connectivity index is 1.23. The molecule has 0 aliphatic heterocycles. The molecule has 0 radical (unpaired) electrons. The molecule has 1 aromatic heterocycles. The molecular weight excluding hydrogens is 633 g/mol. The largest absolute Gasteiger partial charge is 0.135 e. The molecule has 0 unspecified atom stereocenters. The summed E-state index contributed by atoms with van der Waals surface area (Å²) in [6.07, 6.45) is 0. The summed E-state index contributed by atoms with van der Waals surface area (Å²) in [7, 11) is 0. The van der Waals surface area contributed by atoms with Crippen molar-refractivity contribution in [2.75, 3.05) is 0 Å². The maximum Gasteiger partial charge on any atom is 0.0355 e. The van der Waals surface area contributed by atoms with Gasteiger partial charge in [-0.2, -0.15) is 0 Å². The number of hydrogen-bond acceptors (Lipinski definition) is 1. The zero-order valence-electron chi connectivity index (χ0n) is 27.7. The van der Waals surface area contributed by atoms with Crippen molar-refractivity contribution < 1.29 is 0 Å². The highest BCUT2D eigenvalue weighted by atomic mass is 32.1. The molecule has 0 saturated carbocycles. The van der Waals surface area contributed by atoms with Crippen LogP contribution in [-0.4, -0.2) is 0 Å². The van der Waals surface area contributed by atoms with Crippen molar-refractivity contribution in [1.82, 2.24) is 0 Å². The molecule has 236 valence electrons. The summed E-state index contributed by atoms with van der Waals surface area (Å²) < 4.78 is 2.66. The zero-order chi connectivity index (χ0) is 33.5. The standard InChI is InChI=1S/C50H30S/c1-2-11-33-27-34(19-17-31(33)9-1)35-21-25-44-46(29-35)50(37-22-24-40-36(28-37)20-18-32-10-3-4-12-39(32)40)43-15-6-5-14-42(43)49(44)38-23-26-48-45(30-38)41-13-7-8-16-47(41)51-48/h1-30H. The Morgan fingerprint density at radius 3 is 1.57 bits per heavy atom. The first kappa shape index (κ1) is 28.5. The molecule has 0 bridgehead atoms. The van der Waals surface area contributed by atoms with E-state index in [0.29, 0.717) is 0 Å². The second kappa shape index (κ2) is 11.1. The van der Waals surface area contributed by atoms with Crippen molar-refractivity contribution in [3.63, 3.8) is 0 Å². The van der Waals surface area contributed by atoms with Crippen LogP contribution >= 0.6 is 11.3 Å². The van der Waals surface area contributed by atoms with Gasteiger partial charge in [0.2, 0.25) is 0 Å². The molecule has 0 fully saturated rings. The van der Waals surface area contributed by atoms with Gasteiger partial charge in [0.15, 0.2) is 0 Å². The Kier molecular flexibility index (Phi) is 6.22. The lowest BCUT2D eigenvalue weighted by atomic mass is 9.84. The predicted molar refractivity (Wildman–Crippen MR) is 223 cm³/mol. The molecule has 0 aliphatic rings. The van der Waals surface area contributed by atoms with Gasteiger partial charge < -0.3 is 0 Å². The smallest absolute Gasteiger partial charge is 0.0355 e. The van der Waals surface area contributed by atoms with E-state index in [2.05, 4.69) is 182 Å². The van der Waals surface area contributed by atoms with E-state index in [-0.39, 0.29) is 0 Å². The minimum absolute atomic E-state index is 1.22. The molecule has 0 atom stereocenters. The van der Waals surface area contributed by atoms with Crippen molar-refractivity contribution in [1.29, 1.82) is 0 Å². The highest BCUT2D eigenvalue weighted by Gasteiger charge is 2.19. The number of rotatable bonds is 3. The van der Waals surface area contributed by atoms with E-state index in [9.17, 15) is 0 Å². The number of thiophene rings is 1. The maximum absolute atomic E-state index is 2.44. The average molecular weight is 663 g/mol. The lowest BCUT2D eigenvalue weighted by molar-refractivity contribution is 1.66. The molecule has 0 saturated heterocycles. The summed E-state index contributed by atoms with van der Waals surface area (Å²) in [5.74, 6) is 0. The van der Waals surface area contributed by atoms with Crippen molar-refractivity contribution in [2.45, 2.75) is 0 Å². The Bertz CT molecular complexity index is 3200. The fourth-order valence-electron chi connectivity index (χ4n) is 8.40. The van der Waals surface area contributed by atoms with Crippen molar-refractivity contribution in [2.24, 2.45) is 0 Å². The third kappa shape index (κ3) is 4.45. The minimum Gasteiger partial charge on any atom is -0.135 e. The zero-order valence-corrected chi connectivity index (χ0v) is 28.5. The van der Waals surface area contributed by atoms with Crippen LogP contribution in [0.5, 0.6) is 0 Å². The van der Waals surface area contributed by atoms with Crippen LogP contribution in [0.25, 0.3) is 107 Å². The van der Waals surface area contributed by atoms with Crippen LogP contribution in [0.1, 0.15) is 0 Å². The van der Waals surface area contributed by atoms with E-state index < -0.39 is 0 Å². The first-order valence-corrected chi connectivity index (χ1v) is 18.4. The second-order valence-electron chi connectivity index (χ2n) is 13.6. The summed E-state index contributed by atoms with van der Waals surface area (Å²) in [5.41, 5.74) is 7.51. The molecule has 1 heteroatoms. The highest BCUT2D eigenvalue weighted by Crippen LogP contribution is 2.47. The Morgan fingerprint density at radius 2 is 0.706 bits per heavy atom. The first-order valence-electron chi connectivity index (χ1n) is 17.6. The summed E-state index contributed by atoms with van der Waals surface area (Å²) >= 11 is 1.87. The van der Waals surface area contributed by atoms with Crippen LogP contribution < -0.4 is 0 Å². The Labute approximate surface area is 299 Å². The Morgan fingerprint density at radius 1 is 0.235 bits per heavy atom. The van der Waals surface area contributed by atoms with E-state index in [0.717, 1.165) is 0 Å². The second-order valence-corrected chi connectivity index (χ2v) is 14.7. The van der Waals surface area contributed by atoms with Crippen LogP contribution in [0.2, 0.25) is 0 Å². The molecule has 0 aliphatic carbocycles. The minimum atomic E-state index is 1.22. The summed E-state index contributed by atoms with van der Waals surface area (Å²) in [6.45, 7) is 0. The van der Waals surface area contributed by atoms with Crippen molar-refractivity contribution in [3.8, 4) is 33.4 Å². The fourth-order valence-corrected chi connectivity index (χ4v) is 9.49. The quantitative estimate of drug-likeness (QED) is 0.130. The van der Waals surface area contributed by atoms with Gasteiger partial charge in [-0.1, -0.05) is 146 Å². The van der Waals surface area contributed by atoms with Crippen molar-refractivity contribution in [3.05, 3.63) is 182 Å². The molecule has 0 amide bonds. The van der Waals surface area contributed by atoms with Gasteiger partial charge in [0.05, 0.1) is 0 Å². The summed E-state index contributed by atoms with van der Waals surface area (Å²) in [6, 6.07) is 67.8. The molecule has 11 aromatic rings. The third-order valence-corrected chi connectivity index (χ3v) is 12.0. The number of benzene rings is 10. The SMILES string of the molecule is c1ccc2cc(-c3ccc4c(-c5ccc6sc7ccccc7c6c5)c5ccccc5c(-c5ccc6c(ccc7ccccc76)c5)c4c3)ccc2c1.